The molecule has 0 aliphatic carbocycles. The molecule has 4 heteroatoms. The number of thioether (sulfide) groups is 1. The average Bonchev–Trinajstić information content (AvgIpc) is 2.30. The lowest BCUT2D eigenvalue weighted by Crippen LogP contribution is -2.07. The van der Waals surface area contributed by atoms with Gasteiger partial charge in [-0.25, -0.2) is 0 Å². The van der Waals surface area contributed by atoms with Gasteiger partial charge in [0.25, 0.3) is 0 Å². The molecule has 57 valence electrons. The molecule has 0 aromatic heterocycles. The van der Waals surface area contributed by atoms with E-state index < -0.39 is 0 Å². The Morgan fingerprint density at radius 1 is 1.36 bits per heavy atom. The highest BCUT2D eigenvalue weighted by atomic mass is 35.5. The molecule has 2 heterocycles. The Bertz CT molecular complexity index is 277. The molecule has 1 nitrogen and oxygen atoms in total. The molecular formula is C7H4Cl2NS. The van der Waals surface area contributed by atoms with Gasteiger partial charge in [0.15, 0.2) is 4.71 Å². The monoisotopic (exact) mass is 204 g/mol. The third kappa shape index (κ3) is 1.19. The summed E-state index contributed by atoms with van der Waals surface area (Å²) in [5, 5.41) is 3.65. The molecule has 0 amide bonds. The van der Waals surface area contributed by atoms with Crippen molar-refractivity contribution in [3.8, 4) is 0 Å². The van der Waals surface area contributed by atoms with E-state index in [1.54, 1.807) is 0 Å². The molecule has 1 radical (unpaired) electrons. The van der Waals surface area contributed by atoms with Crippen molar-refractivity contribution in [2.24, 2.45) is 0 Å². The van der Waals surface area contributed by atoms with Crippen LogP contribution in [0.3, 0.4) is 0 Å². The molecule has 0 aromatic carbocycles. The SMILES string of the molecule is Cl[C]1SC2=CC=CNC2=C1Cl. The molecule has 0 aromatic rings. The summed E-state index contributed by atoms with van der Waals surface area (Å²) < 4.78 is 0.643. The first-order chi connectivity index (χ1) is 5.29. The van der Waals surface area contributed by atoms with E-state index >= 15 is 0 Å². The fourth-order valence-corrected chi connectivity index (χ4v) is 2.38. The smallest absolute Gasteiger partial charge is 0.165 e. The fourth-order valence-electron chi connectivity index (χ4n) is 0.918. The number of allylic oxidation sites excluding steroid dienone is 2. The van der Waals surface area contributed by atoms with Crippen LogP contribution in [0.5, 0.6) is 0 Å². The van der Waals surface area contributed by atoms with Crippen molar-refractivity contribution in [3.63, 3.8) is 0 Å². The molecule has 0 saturated heterocycles. The Kier molecular flexibility index (Phi) is 1.91. The topological polar surface area (TPSA) is 12.0 Å². The molecule has 11 heavy (non-hydrogen) atoms. The molecule has 0 fully saturated rings. The Balaban J connectivity index is 2.42. The molecule has 0 saturated carbocycles. The van der Waals surface area contributed by atoms with Gasteiger partial charge in [-0.2, -0.15) is 0 Å². The highest BCUT2D eigenvalue weighted by Gasteiger charge is 2.28. The van der Waals surface area contributed by atoms with E-state index in [9.17, 15) is 0 Å². The number of rotatable bonds is 0. The molecule has 0 spiro atoms. The Hall–Kier alpha value is -0.0500. The zero-order valence-corrected chi connectivity index (χ0v) is 7.72. The van der Waals surface area contributed by atoms with E-state index in [-0.39, 0.29) is 0 Å². The van der Waals surface area contributed by atoms with Crippen LogP contribution in [-0.2, 0) is 0 Å². The van der Waals surface area contributed by atoms with Crippen LogP contribution in [0.4, 0.5) is 0 Å². The minimum atomic E-state index is 0.618. The van der Waals surface area contributed by atoms with Gasteiger partial charge in [-0.15, -0.1) is 0 Å². The third-order valence-corrected chi connectivity index (χ3v) is 3.36. The fraction of sp³-hybridized carbons (Fsp3) is 0. The van der Waals surface area contributed by atoms with Crippen molar-refractivity contribution in [3.05, 3.63) is 38.7 Å². The molecule has 2 rings (SSSR count). The quantitative estimate of drug-likeness (QED) is 0.652. The van der Waals surface area contributed by atoms with E-state index in [0.29, 0.717) is 9.74 Å². The predicted molar refractivity (Wildman–Crippen MR) is 49.9 cm³/mol. The zero-order valence-electron chi connectivity index (χ0n) is 5.40. The van der Waals surface area contributed by atoms with Gasteiger partial charge in [-0.05, 0) is 12.2 Å². The molecule has 0 bridgehead atoms. The maximum atomic E-state index is 5.89. The molecule has 1 N–H and O–H groups in total. The van der Waals surface area contributed by atoms with Crippen LogP contribution in [0.1, 0.15) is 0 Å². The van der Waals surface area contributed by atoms with E-state index in [1.807, 2.05) is 18.4 Å². The molecular weight excluding hydrogens is 201 g/mol. The van der Waals surface area contributed by atoms with Crippen LogP contribution in [0, 0.1) is 4.71 Å². The Labute approximate surface area is 79.1 Å². The first-order valence-electron chi connectivity index (χ1n) is 3.03. The van der Waals surface area contributed by atoms with Gasteiger partial charge in [0.05, 0.1) is 10.7 Å². The summed E-state index contributed by atoms with van der Waals surface area (Å²) >= 11 is 13.2. The van der Waals surface area contributed by atoms with E-state index in [4.69, 9.17) is 23.2 Å². The summed E-state index contributed by atoms with van der Waals surface area (Å²) in [7, 11) is 0. The lowest BCUT2D eigenvalue weighted by molar-refractivity contribution is 1.09. The van der Waals surface area contributed by atoms with E-state index in [2.05, 4.69) is 5.32 Å². The summed E-state index contributed by atoms with van der Waals surface area (Å²) in [6, 6.07) is 0. The maximum absolute atomic E-state index is 5.89. The number of halogens is 2. The zero-order chi connectivity index (χ0) is 7.84. The van der Waals surface area contributed by atoms with Crippen molar-refractivity contribution in [2.75, 3.05) is 0 Å². The highest BCUT2D eigenvalue weighted by molar-refractivity contribution is 8.08. The second kappa shape index (κ2) is 2.77. The van der Waals surface area contributed by atoms with Crippen molar-refractivity contribution >= 4 is 35.0 Å². The highest BCUT2D eigenvalue weighted by Crippen LogP contribution is 2.50. The van der Waals surface area contributed by atoms with Gasteiger partial charge < -0.3 is 5.32 Å². The Morgan fingerprint density at radius 3 is 2.91 bits per heavy atom. The van der Waals surface area contributed by atoms with E-state index in [1.165, 1.54) is 11.8 Å². The molecule has 2 aliphatic heterocycles. The number of dihydropyridines is 1. The normalized spacial score (nSPS) is 23.3. The summed E-state index contributed by atoms with van der Waals surface area (Å²) in [5.74, 6) is 0. The number of hydrogen-bond acceptors (Lipinski definition) is 2. The van der Waals surface area contributed by atoms with Crippen molar-refractivity contribution < 1.29 is 0 Å². The van der Waals surface area contributed by atoms with Gasteiger partial charge in [-0.3, -0.25) is 0 Å². The molecule has 2 aliphatic rings. The first kappa shape index (κ1) is 7.59. The largest absolute Gasteiger partial charge is 0.360 e. The van der Waals surface area contributed by atoms with Crippen LogP contribution in [0.15, 0.2) is 34.0 Å². The van der Waals surface area contributed by atoms with E-state index in [0.717, 1.165) is 10.6 Å². The predicted octanol–water partition coefficient (Wildman–Crippen LogP) is 2.91. The lowest BCUT2D eigenvalue weighted by Gasteiger charge is -2.06. The minimum Gasteiger partial charge on any atom is -0.360 e. The summed E-state index contributed by atoms with van der Waals surface area (Å²) in [6.45, 7) is 0. The van der Waals surface area contributed by atoms with Crippen LogP contribution in [0.2, 0.25) is 0 Å². The second-order valence-electron chi connectivity index (χ2n) is 2.10. The minimum absolute atomic E-state index is 0.618. The molecule has 0 unspecified atom stereocenters. The van der Waals surface area contributed by atoms with Crippen LogP contribution in [-0.4, -0.2) is 0 Å². The van der Waals surface area contributed by atoms with Gasteiger partial charge in [-0.1, -0.05) is 35.0 Å². The standard InChI is InChI=1S/C7H4Cl2NS/c8-5-6-4(11-7(5)9)2-1-3-10-6/h1-3,10H. The van der Waals surface area contributed by atoms with Gasteiger partial charge in [0, 0.05) is 11.1 Å². The van der Waals surface area contributed by atoms with Crippen molar-refractivity contribution in [1.82, 2.24) is 5.32 Å². The second-order valence-corrected chi connectivity index (χ2v) is 4.13. The van der Waals surface area contributed by atoms with Gasteiger partial charge in [0.1, 0.15) is 0 Å². The Morgan fingerprint density at radius 2 is 2.18 bits per heavy atom. The summed E-state index contributed by atoms with van der Waals surface area (Å²) in [6.07, 6.45) is 5.73. The number of nitrogens with one attached hydrogen (secondary N) is 1. The van der Waals surface area contributed by atoms with Gasteiger partial charge in [0.2, 0.25) is 0 Å². The first-order valence-corrected chi connectivity index (χ1v) is 4.60. The van der Waals surface area contributed by atoms with Crippen molar-refractivity contribution in [1.29, 1.82) is 0 Å². The number of hydrogen-bond donors (Lipinski definition) is 1. The van der Waals surface area contributed by atoms with Crippen LogP contribution >= 0.6 is 35.0 Å². The summed E-state index contributed by atoms with van der Waals surface area (Å²) in [5.41, 5.74) is 0.921. The lowest BCUT2D eigenvalue weighted by atomic mass is 10.3. The van der Waals surface area contributed by atoms with Crippen LogP contribution < -0.4 is 5.32 Å². The van der Waals surface area contributed by atoms with Crippen LogP contribution in [0.25, 0.3) is 0 Å². The average molecular weight is 205 g/mol. The van der Waals surface area contributed by atoms with Gasteiger partial charge >= 0.3 is 0 Å². The summed E-state index contributed by atoms with van der Waals surface area (Å²) in [4.78, 5) is 1.09. The number of fused-ring (bicyclic) bond motifs is 1. The third-order valence-electron chi connectivity index (χ3n) is 1.41. The maximum Gasteiger partial charge on any atom is 0.165 e. The van der Waals surface area contributed by atoms with Crippen molar-refractivity contribution in [2.45, 2.75) is 0 Å². The molecule has 0 atom stereocenters.